The van der Waals surface area contributed by atoms with E-state index in [1.165, 1.54) is 0 Å². The van der Waals surface area contributed by atoms with Crippen LogP contribution in [0.3, 0.4) is 0 Å². The van der Waals surface area contributed by atoms with Crippen LogP contribution in [0, 0.1) is 6.92 Å². The van der Waals surface area contributed by atoms with Crippen molar-refractivity contribution >= 4 is 28.9 Å². The summed E-state index contributed by atoms with van der Waals surface area (Å²) in [5.41, 5.74) is 6.77. The molecule has 0 aromatic carbocycles. The average molecular weight is 252 g/mol. The van der Waals surface area contributed by atoms with E-state index < -0.39 is 0 Å². The van der Waals surface area contributed by atoms with Crippen LogP contribution in [0.1, 0.15) is 18.3 Å². The Hall–Kier alpha value is -1.14. The molecule has 0 spiro atoms. The molecule has 0 fully saturated rings. The van der Waals surface area contributed by atoms with Gasteiger partial charge in [0.2, 0.25) is 0 Å². The van der Waals surface area contributed by atoms with Gasteiger partial charge >= 0.3 is 0 Å². The number of nitrogens with zero attached hydrogens (tertiary/aromatic N) is 3. The molecule has 4 nitrogen and oxygen atoms in total. The molecule has 16 heavy (non-hydrogen) atoms. The topological polar surface area (TPSA) is 64.7 Å². The zero-order valence-corrected chi connectivity index (χ0v) is 10.7. The summed E-state index contributed by atoms with van der Waals surface area (Å²) in [7, 11) is 0. The Kier molecular flexibility index (Phi) is 3.40. The fraction of sp³-hybridized carbons (Fsp3) is 0.300. The van der Waals surface area contributed by atoms with Gasteiger partial charge in [-0.25, -0.2) is 15.0 Å². The highest BCUT2D eigenvalue weighted by Gasteiger charge is 2.10. The van der Waals surface area contributed by atoms with Crippen LogP contribution < -0.4 is 5.73 Å². The Bertz CT molecular complexity index is 482. The van der Waals surface area contributed by atoms with Crippen molar-refractivity contribution in [3.63, 3.8) is 0 Å². The van der Waals surface area contributed by atoms with Crippen LogP contribution in [0.25, 0.3) is 0 Å². The molecule has 84 valence electrons. The lowest BCUT2D eigenvalue weighted by Gasteiger charge is -2.07. The molecular formula is C10H12N4S2. The van der Waals surface area contributed by atoms with Crippen molar-refractivity contribution in [2.75, 3.05) is 5.73 Å². The van der Waals surface area contributed by atoms with Crippen molar-refractivity contribution in [1.29, 1.82) is 0 Å². The van der Waals surface area contributed by atoms with E-state index in [1.807, 2.05) is 19.2 Å². The maximum atomic E-state index is 5.84. The maximum Gasteiger partial charge on any atom is 0.156 e. The van der Waals surface area contributed by atoms with E-state index in [4.69, 9.17) is 5.73 Å². The first-order valence-electron chi connectivity index (χ1n) is 4.91. The molecule has 0 aliphatic carbocycles. The summed E-state index contributed by atoms with van der Waals surface area (Å²) in [6.07, 6.45) is 2.57. The monoisotopic (exact) mass is 252 g/mol. The third-order valence-electron chi connectivity index (χ3n) is 2.09. The second-order valence-electron chi connectivity index (χ2n) is 3.21. The highest BCUT2D eigenvalue weighted by Crippen LogP contribution is 2.31. The molecule has 0 saturated carbocycles. The minimum absolute atomic E-state index is 0.561. The SMILES string of the molecule is CCc1nc(N)c(C)c(Sc2nccs2)n1. The molecule has 6 heteroatoms. The van der Waals surface area contributed by atoms with Crippen molar-refractivity contribution in [2.45, 2.75) is 29.6 Å². The van der Waals surface area contributed by atoms with E-state index in [0.29, 0.717) is 5.82 Å². The second-order valence-corrected chi connectivity index (χ2v) is 5.34. The van der Waals surface area contributed by atoms with Gasteiger partial charge in [0.05, 0.1) is 0 Å². The summed E-state index contributed by atoms with van der Waals surface area (Å²) in [5, 5.41) is 2.85. The van der Waals surface area contributed by atoms with Crippen molar-refractivity contribution < 1.29 is 0 Å². The van der Waals surface area contributed by atoms with E-state index in [-0.39, 0.29) is 0 Å². The second kappa shape index (κ2) is 4.80. The van der Waals surface area contributed by atoms with Gasteiger partial charge < -0.3 is 5.73 Å². The van der Waals surface area contributed by atoms with Crippen LogP contribution in [0.15, 0.2) is 20.9 Å². The lowest BCUT2D eigenvalue weighted by atomic mass is 10.3. The number of aromatic nitrogens is 3. The number of hydrogen-bond donors (Lipinski definition) is 1. The molecule has 2 rings (SSSR count). The van der Waals surface area contributed by atoms with Crippen molar-refractivity contribution in [1.82, 2.24) is 15.0 Å². The molecule has 0 bridgehead atoms. The summed E-state index contributed by atoms with van der Waals surface area (Å²) in [4.78, 5) is 12.9. The van der Waals surface area contributed by atoms with Crippen molar-refractivity contribution in [2.24, 2.45) is 0 Å². The number of nitrogen functional groups attached to an aromatic ring is 1. The van der Waals surface area contributed by atoms with Crippen molar-refractivity contribution in [3.8, 4) is 0 Å². The minimum atomic E-state index is 0.561. The summed E-state index contributed by atoms with van der Waals surface area (Å²) in [5.74, 6) is 1.34. The predicted octanol–water partition coefficient (Wildman–Crippen LogP) is 2.54. The lowest BCUT2D eigenvalue weighted by Crippen LogP contribution is -2.03. The van der Waals surface area contributed by atoms with Crippen LogP contribution >= 0.6 is 23.1 Å². The smallest absolute Gasteiger partial charge is 0.156 e. The van der Waals surface area contributed by atoms with Gasteiger partial charge in [-0.1, -0.05) is 6.92 Å². The Morgan fingerprint density at radius 3 is 2.88 bits per heavy atom. The molecule has 0 unspecified atom stereocenters. The number of nitrogens with two attached hydrogens (primary N) is 1. The third kappa shape index (κ3) is 2.33. The predicted molar refractivity (Wildman–Crippen MR) is 66.8 cm³/mol. The summed E-state index contributed by atoms with van der Waals surface area (Å²) >= 11 is 3.14. The molecule has 2 aromatic rings. The number of hydrogen-bond acceptors (Lipinski definition) is 6. The summed E-state index contributed by atoms with van der Waals surface area (Å²) in [6.45, 7) is 3.95. The normalized spacial score (nSPS) is 10.6. The largest absolute Gasteiger partial charge is 0.383 e. The van der Waals surface area contributed by atoms with Gasteiger partial charge in [0.1, 0.15) is 16.7 Å². The molecule has 2 N–H and O–H groups in total. The summed E-state index contributed by atoms with van der Waals surface area (Å²) < 4.78 is 0.975. The van der Waals surface area contributed by atoms with E-state index >= 15 is 0 Å². The summed E-state index contributed by atoms with van der Waals surface area (Å²) in [6, 6.07) is 0. The first-order chi connectivity index (χ1) is 7.70. The number of anilines is 1. The van der Waals surface area contributed by atoms with Gasteiger partial charge in [0, 0.05) is 23.6 Å². The first kappa shape index (κ1) is 11.3. The van der Waals surface area contributed by atoms with Gasteiger partial charge in [0.25, 0.3) is 0 Å². The van der Waals surface area contributed by atoms with Crippen molar-refractivity contribution in [3.05, 3.63) is 23.0 Å². The Balaban J connectivity index is 2.36. The first-order valence-corrected chi connectivity index (χ1v) is 6.60. The molecule has 2 heterocycles. The highest BCUT2D eigenvalue weighted by molar-refractivity contribution is 8.01. The number of rotatable bonds is 3. The molecule has 0 radical (unpaired) electrons. The molecule has 2 aromatic heterocycles. The van der Waals surface area contributed by atoms with Crippen LogP contribution in [0.4, 0.5) is 5.82 Å². The van der Waals surface area contributed by atoms with Gasteiger partial charge in [0.15, 0.2) is 4.34 Å². The zero-order valence-electron chi connectivity index (χ0n) is 9.10. The quantitative estimate of drug-likeness (QED) is 0.850. The number of aryl methyl sites for hydroxylation is 1. The van der Waals surface area contributed by atoms with Crippen LogP contribution in [-0.4, -0.2) is 15.0 Å². The number of thiazole rings is 1. The molecule has 0 aliphatic rings. The highest BCUT2D eigenvalue weighted by atomic mass is 32.2. The standard InChI is InChI=1S/C10H12N4S2/c1-3-7-13-8(11)6(2)9(14-7)16-10-12-4-5-15-10/h4-5H,3H2,1-2H3,(H2,11,13,14). The molecule has 0 atom stereocenters. The van der Waals surface area contributed by atoms with Gasteiger partial charge in [-0.2, -0.15) is 0 Å². The maximum absolute atomic E-state index is 5.84. The van der Waals surface area contributed by atoms with E-state index in [1.54, 1.807) is 29.3 Å². The molecule has 0 saturated heterocycles. The lowest BCUT2D eigenvalue weighted by molar-refractivity contribution is 0.878. The molecule has 0 aliphatic heterocycles. The zero-order chi connectivity index (χ0) is 11.5. The van der Waals surface area contributed by atoms with Gasteiger partial charge in [-0.15, -0.1) is 11.3 Å². The van der Waals surface area contributed by atoms with Crippen LogP contribution in [-0.2, 0) is 6.42 Å². The molecule has 0 amide bonds. The fourth-order valence-corrected chi connectivity index (χ4v) is 2.80. The third-order valence-corrected chi connectivity index (χ3v) is 4.07. The van der Waals surface area contributed by atoms with Crippen LogP contribution in [0.5, 0.6) is 0 Å². The van der Waals surface area contributed by atoms with Gasteiger partial charge in [-0.05, 0) is 18.7 Å². The van der Waals surface area contributed by atoms with E-state index in [0.717, 1.165) is 27.2 Å². The minimum Gasteiger partial charge on any atom is -0.383 e. The Labute approximate surface area is 102 Å². The van der Waals surface area contributed by atoms with Crippen LogP contribution in [0.2, 0.25) is 0 Å². The Morgan fingerprint density at radius 2 is 2.25 bits per heavy atom. The van der Waals surface area contributed by atoms with Gasteiger partial charge in [-0.3, -0.25) is 0 Å². The average Bonchev–Trinajstić information content (AvgIpc) is 2.77. The fourth-order valence-electron chi connectivity index (χ4n) is 1.16. The van der Waals surface area contributed by atoms with E-state index in [2.05, 4.69) is 15.0 Å². The van der Waals surface area contributed by atoms with E-state index in [9.17, 15) is 0 Å². The Morgan fingerprint density at radius 1 is 1.44 bits per heavy atom. The molecular weight excluding hydrogens is 240 g/mol.